The van der Waals surface area contributed by atoms with E-state index >= 15 is 0 Å². The van der Waals surface area contributed by atoms with Crippen molar-refractivity contribution in [2.45, 2.75) is 45.1 Å². The molecule has 1 heterocycles. The molecule has 0 spiro atoms. The van der Waals surface area contributed by atoms with E-state index in [4.69, 9.17) is 5.73 Å². The molecule has 1 saturated heterocycles. The van der Waals surface area contributed by atoms with E-state index in [0.717, 1.165) is 31.5 Å². The summed E-state index contributed by atoms with van der Waals surface area (Å²) in [7, 11) is -3.40. The minimum absolute atomic E-state index is 0.353. The van der Waals surface area contributed by atoms with Gasteiger partial charge >= 0.3 is 0 Å². The zero-order valence-corrected chi connectivity index (χ0v) is 16.3. The second-order valence-corrected chi connectivity index (χ2v) is 8.54. The number of benzene rings is 1. The molecule has 0 aliphatic carbocycles. The van der Waals surface area contributed by atoms with Crippen molar-refractivity contribution in [2.24, 2.45) is 16.6 Å². The molecule has 2 N–H and O–H groups in total. The Balaban J connectivity index is 2.07. The average molecular weight is 367 g/mol. The number of sulfonamides is 1. The Kier molecular flexibility index (Phi) is 6.84. The molecule has 7 heteroatoms. The number of hydrogen-bond acceptors (Lipinski definition) is 3. The molecular formula is C18H30N4O2S. The van der Waals surface area contributed by atoms with Gasteiger partial charge in [-0.05, 0) is 50.3 Å². The Hall–Kier alpha value is -1.60. The Morgan fingerprint density at radius 1 is 1.28 bits per heavy atom. The summed E-state index contributed by atoms with van der Waals surface area (Å²) >= 11 is 0. The highest BCUT2D eigenvalue weighted by Crippen LogP contribution is 2.23. The summed E-state index contributed by atoms with van der Waals surface area (Å²) < 4.78 is 27.1. The smallest absolute Gasteiger partial charge is 0.243 e. The van der Waals surface area contributed by atoms with Crippen molar-refractivity contribution in [1.29, 1.82) is 0 Å². The molecule has 0 saturated carbocycles. The van der Waals surface area contributed by atoms with Gasteiger partial charge in [-0.15, -0.1) is 0 Å². The summed E-state index contributed by atoms with van der Waals surface area (Å²) in [4.78, 5) is 6.72. The van der Waals surface area contributed by atoms with Crippen LogP contribution in [-0.4, -0.2) is 49.8 Å². The monoisotopic (exact) mass is 366 g/mol. The lowest BCUT2D eigenvalue weighted by Gasteiger charge is -2.30. The number of nitrogens with two attached hydrogens (primary N) is 1. The number of guanidine groups is 1. The molecule has 140 valence electrons. The first kappa shape index (κ1) is 19.7. The standard InChI is InChI=1S/C18H30N4O2S/c1-4-21(5-2)18(19)20-13-16-8-10-17(11-9-16)25(23,24)22-12-6-7-15(3)14-22/h8-11,15H,4-7,12-14H2,1-3H3,(H2,19,20). The molecule has 1 unspecified atom stereocenters. The average Bonchev–Trinajstić information content (AvgIpc) is 2.61. The van der Waals surface area contributed by atoms with Crippen LogP contribution in [-0.2, 0) is 16.6 Å². The predicted molar refractivity (Wildman–Crippen MR) is 102 cm³/mol. The molecule has 1 aliphatic rings. The third-order valence-electron chi connectivity index (χ3n) is 4.69. The normalized spacial score (nSPS) is 19.8. The lowest BCUT2D eigenvalue weighted by Crippen LogP contribution is -2.39. The second-order valence-electron chi connectivity index (χ2n) is 6.60. The van der Waals surface area contributed by atoms with Crippen LogP contribution in [0, 0.1) is 5.92 Å². The number of aliphatic imine (C=N–C) groups is 1. The van der Waals surface area contributed by atoms with Crippen LogP contribution in [0.2, 0.25) is 0 Å². The zero-order valence-electron chi connectivity index (χ0n) is 15.5. The van der Waals surface area contributed by atoms with Crippen molar-refractivity contribution >= 4 is 16.0 Å². The van der Waals surface area contributed by atoms with Crippen molar-refractivity contribution in [1.82, 2.24) is 9.21 Å². The minimum atomic E-state index is -3.40. The molecule has 1 aliphatic heterocycles. The molecule has 0 bridgehead atoms. The molecule has 2 rings (SSSR count). The first-order valence-electron chi connectivity index (χ1n) is 9.02. The van der Waals surface area contributed by atoms with Crippen LogP contribution in [0.25, 0.3) is 0 Å². The van der Waals surface area contributed by atoms with Gasteiger partial charge in [0.05, 0.1) is 11.4 Å². The van der Waals surface area contributed by atoms with E-state index in [1.807, 2.05) is 30.9 Å². The molecule has 25 heavy (non-hydrogen) atoms. The fourth-order valence-electron chi connectivity index (χ4n) is 3.10. The summed E-state index contributed by atoms with van der Waals surface area (Å²) in [5.74, 6) is 0.934. The maximum atomic E-state index is 12.7. The largest absolute Gasteiger partial charge is 0.370 e. The van der Waals surface area contributed by atoms with Crippen molar-refractivity contribution in [2.75, 3.05) is 26.2 Å². The van der Waals surface area contributed by atoms with Crippen LogP contribution in [0.3, 0.4) is 0 Å². The van der Waals surface area contributed by atoms with Crippen LogP contribution in [0.1, 0.15) is 39.2 Å². The molecule has 1 fully saturated rings. The highest BCUT2D eigenvalue weighted by atomic mass is 32.2. The van der Waals surface area contributed by atoms with E-state index in [-0.39, 0.29) is 0 Å². The maximum absolute atomic E-state index is 12.7. The van der Waals surface area contributed by atoms with E-state index in [9.17, 15) is 8.42 Å². The third kappa shape index (κ3) is 4.95. The second kappa shape index (κ2) is 8.67. The number of hydrogen-bond donors (Lipinski definition) is 1. The molecule has 0 amide bonds. The lowest BCUT2D eigenvalue weighted by molar-refractivity contribution is 0.281. The Morgan fingerprint density at radius 2 is 1.92 bits per heavy atom. The van der Waals surface area contributed by atoms with Crippen molar-refractivity contribution in [3.8, 4) is 0 Å². The van der Waals surface area contributed by atoms with Crippen molar-refractivity contribution in [3.63, 3.8) is 0 Å². The lowest BCUT2D eigenvalue weighted by atomic mass is 10.0. The summed E-state index contributed by atoms with van der Waals surface area (Å²) in [6.07, 6.45) is 2.02. The molecular weight excluding hydrogens is 336 g/mol. The van der Waals surface area contributed by atoms with Crippen molar-refractivity contribution in [3.05, 3.63) is 29.8 Å². The van der Waals surface area contributed by atoms with Crippen LogP contribution >= 0.6 is 0 Å². The summed E-state index contributed by atoms with van der Waals surface area (Å²) in [5, 5.41) is 0. The summed E-state index contributed by atoms with van der Waals surface area (Å²) in [5.41, 5.74) is 6.92. The van der Waals surface area contributed by atoms with Gasteiger partial charge in [0.15, 0.2) is 5.96 Å². The highest BCUT2D eigenvalue weighted by molar-refractivity contribution is 7.89. The van der Waals surface area contributed by atoms with Gasteiger partial charge in [-0.2, -0.15) is 4.31 Å². The maximum Gasteiger partial charge on any atom is 0.243 e. The highest BCUT2D eigenvalue weighted by Gasteiger charge is 2.28. The van der Waals surface area contributed by atoms with Crippen LogP contribution in [0.15, 0.2) is 34.2 Å². The SMILES string of the molecule is CCN(CC)C(N)=NCc1ccc(S(=O)(=O)N2CCCC(C)C2)cc1. The fourth-order valence-corrected chi connectivity index (χ4v) is 4.70. The third-order valence-corrected chi connectivity index (χ3v) is 6.57. The summed E-state index contributed by atoms with van der Waals surface area (Å²) in [6.45, 7) is 9.47. The molecule has 0 aromatic heterocycles. The Bertz CT molecular complexity index is 682. The zero-order chi connectivity index (χ0) is 18.4. The van der Waals surface area contributed by atoms with Gasteiger partial charge in [-0.3, -0.25) is 0 Å². The Morgan fingerprint density at radius 3 is 2.48 bits per heavy atom. The van der Waals surface area contributed by atoms with Gasteiger partial charge in [0.1, 0.15) is 0 Å². The van der Waals surface area contributed by atoms with Crippen LogP contribution in [0.4, 0.5) is 0 Å². The topological polar surface area (TPSA) is 79.0 Å². The molecule has 0 radical (unpaired) electrons. The van der Waals surface area contributed by atoms with E-state index in [1.165, 1.54) is 0 Å². The molecule has 6 nitrogen and oxygen atoms in total. The Labute approximate surface area is 151 Å². The quantitative estimate of drug-likeness (QED) is 0.619. The van der Waals surface area contributed by atoms with Gasteiger partial charge in [-0.25, -0.2) is 13.4 Å². The van der Waals surface area contributed by atoms with Crippen LogP contribution in [0.5, 0.6) is 0 Å². The number of rotatable bonds is 6. The first-order valence-corrected chi connectivity index (χ1v) is 10.5. The molecule has 1 atom stereocenters. The van der Waals surface area contributed by atoms with Gasteiger partial charge in [0.25, 0.3) is 0 Å². The van der Waals surface area contributed by atoms with Gasteiger partial charge in [-0.1, -0.05) is 19.1 Å². The van der Waals surface area contributed by atoms with E-state index in [2.05, 4.69) is 11.9 Å². The summed E-state index contributed by atoms with van der Waals surface area (Å²) in [6, 6.07) is 6.98. The van der Waals surface area contributed by atoms with Gasteiger partial charge < -0.3 is 10.6 Å². The van der Waals surface area contributed by atoms with Gasteiger partial charge in [0, 0.05) is 26.2 Å². The van der Waals surface area contributed by atoms with E-state index in [1.54, 1.807) is 16.4 Å². The fraction of sp³-hybridized carbons (Fsp3) is 0.611. The van der Waals surface area contributed by atoms with Crippen LogP contribution < -0.4 is 5.73 Å². The molecule has 1 aromatic rings. The number of piperidine rings is 1. The van der Waals surface area contributed by atoms with E-state index < -0.39 is 10.0 Å². The first-order chi connectivity index (χ1) is 11.9. The minimum Gasteiger partial charge on any atom is -0.370 e. The van der Waals surface area contributed by atoms with Gasteiger partial charge in [0.2, 0.25) is 10.0 Å². The molecule has 1 aromatic carbocycles. The predicted octanol–water partition coefficient (Wildman–Crippen LogP) is 2.26. The van der Waals surface area contributed by atoms with E-state index in [0.29, 0.717) is 36.4 Å². The van der Waals surface area contributed by atoms with Crippen molar-refractivity contribution < 1.29 is 8.42 Å². The number of nitrogens with zero attached hydrogens (tertiary/aromatic N) is 3.